The molecule has 33 heteroatoms. The van der Waals surface area contributed by atoms with Gasteiger partial charge in [0.1, 0.15) is 59.6 Å². The number of aliphatic carboxylic acids is 4. The maximum Gasteiger partial charge on any atom is 0.327 e. The van der Waals surface area contributed by atoms with Crippen LogP contribution >= 0.6 is 12.6 Å². The van der Waals surface area contributed by atoms with E-state index in [9.17, 15) is 92.3 Å². The number of nitrogens with zero attached hydrogens (tertiary/aromatic N) is 3. The van der Waals surface area contributed by atoms with Crippen LogP contribution in [0.4, 0.5) is 11.6 Å². The Morgan fingerprint density at radius 1 is 0.530 bits per heavy atom. The highest BCUT2D eigenvalue weighted by atomic mass is 32.1. The van der Waals surface area contributed by atoms with Gasteiger partial charge in [-0.25, -0.2) is 19.6 Å². The Morgan fingerprint density at radius 3 is 1.33 bits per heavy atom. The Hall–Kier alpha value is -9.43. The van der Waals surface area contributed by atoms with Gasteiger partial charge in [-0.1, -0.05) is 0 Å². The molecule has 0 unspecified atom stereocenters. The van der Waals surface area contributed by atoms with Gasteiger partial charge < -0.3 is 83.1 Å². The normalized spacial score (nSPS) is 13.4. The van der Waals surface area contributed by atoms with Gasteiger partial charge in [0.2, 0.25) is 41.4 Å². The van der Waals surface area contributed by atoms with E-state index < -0.39 is 188 Å². The van der Waals surface area contributed by atoms with Crippen LogP contribution in [-0.4, -0.2) is 171 Å². The largest absolute Gasteiger partial charge is 0.481 e. The van der Waals surface area contributed by atoms with Crippen LogP contribution in [0.3, 0.4) is 0 Å². The van der Waals surface area contributed by atoms with Crippen molar-refractivity contribution in [1.82, 2.24) is 57.2 Å². The summed E-state index contributed by atoms with van der Waals surface area (Å²) in [4.78, 5) is 205. The molecule has 0 saturated heterocycles. The molecule has 0 bridgehead atoms. The molecule has 0 spiro atoms. The molecule has 0 aliphatic heterocycles. The average Bonchev–Trinajstić information content (AvgIpc) is 3.50. The summed E-state index contributed by atoms with van der Waals surface area (Å²) in [5, 5.41) is 57.3. The number of Topliss-reactive ketones (excluding diaryl/α,β-unsaturated/α-hetero) is 3. The van der Waals surface area contributed by atoms with E-state index in [1.807, 2.05) is 0 Å². The number of H-pyrrole nitrogens is 1. The van der Waals surface area contributed by atoms with Crippen LogP contribution in [0.1, 0.15) is 114 Å². The summed E-state index contributed by atoms with van der Waals surface area (Å²) in [7, 11) is 0. The molecular weight excluding hydrogens is 1120 g/mol. The third kappa shape index (κ3) is 24.1. The topological polar surface area (TPSA) is 514 Å². The van der Waals surface area contributed by atoms with Gasteiger partial charge in [-0.05, 0) is 83.6 Å². The molecule has 3 aromatic rings. The van der Waals surface area contributed by atoms with Crippen LogP contribution in [0.2, 0.25) is 0 Å². The third-order valence-electron chi connectivity index (χ3n) is 12.0. The van der Waals surface area contributed by atoms with Gasteiger partial charge in [-0.3, -0.25) is 52.9 Å². The Bertz CT molecular complexity index is 2990. The fourth-order valence-corrected chi connectivity index (χ4v) is 7.75. The number of nitrogens with two attached hydrogens (primary N) is 1. The van der Waals surface area contributed by atoms with Crippen molar-refractivity contribution in [3.63, 3.8) is 0 Å². The fraction of sp³-hybridized carbons (Fsp3) is 0.480. The Morgan fingerprint density at radius 2 is 0.928 bits per heavy atom. The Balaban J connectivity index is 1.77. The highest BCUT2D eigenvalue weighted by Crippen LogP contribution is 2.14. The van der Waals surface area contributed by atoms with Gasteiger partial charge in [0.15, 0.2) is 11.2 Å². The first-order valence-corrected chi connectivity index (χ1v) is 26.2. The number of anilines is 2. The standard InChI is InChI=1S/C50H65N13O19S/c1-23(64)4-11-29(55-36(67)17-14-34(48(79)80)60-41(72)26-7-9-27(10-8-26)52-20-28-21-53-40-39(54-28)47(78)63-50(51)62-40)42(73)58-32(15-18-37(68)69)44(75)56-30(12-5-24(2)65)43(74)59-33(16-19-38(70)71)45(76)57-31(13-6-25(3)66)46(77)61-35(22-83)49(81)82/h7-10,21,29-35,52,83H,4-6,11-20,22H2,1-3H3,(H,55,67)(H,56,75)(H,57,76)(H,58,73)(H,59,74)(H,60,72)(H,61,77)(H,68,69)(H,70,71)(H,79,80)(H,81,82)(H3,51,53,62,63,78)/t29-,30-,31-,32-,33-,34-,35-/m0/s1. The zero-order chi connectivity index (χ0) is 62.1. The van der Waals surface area contributed by atoms with Crippen molar-refractivity contribution >= 4 is 118 Å². The number of thiol groups is 1. The molecule has 15 N–H and O–H groups in total. The number of nitrogens with one attached hydrogen (secondary N) is 9. The first-order chi connectivity index (χ1) is 39.1. The summed E-state index contributed by atoms with van der Waals surface area (Å²) < 4.78 is 0. The van der Waals surface area contributed by atoms with E-state index in [1.165, 1.54) is 44.3 Å². The molecule has 7 amide bonds. The smallest absolute Gasteiger partial charge is 0.327 e. The number of carboxylic acid groups (broad SMARTS) is 4. The van der Waals surface area contributed by atoms with Crippen molar-refractivity contribution in [2.45, 2.75) is 147 Å². The first-order valence-electron chi connectivity index (χ1n) is 25.5. The number of amides is 7. The number of ketones is 3. The molecule has 0 aliphatic carbocycles. The average molecular weight is 1180 g/mol. The number of nitrogen functional groups attached to an aromatic ring is 1. The van der Waals surface area contributed by atoms with Gasteiger partial charge in [0.05, 0.1) is 18.4 Å². The summed E-state index contributed by atoms with van der Waals surface area (Å²) in [6, 6.07) is -6.12. The van der Waals surface area contributed by atoms with E-state index in [2.05, 4.69) is 75.1 Å². The predicted octanol–water partition coefficient (Wildman–Crippen LogP) is -2.37. The fourth-order valence-electron chi connectivity index (χ4n) is 7.50. The lowest BCUT2D eigenvalue weighted by Crippen LogP contribution is -2.59. The molecule has 1 aromatic carbocycles. The molecule has 2 heterocycles. The van der Waals surface area contributed by atoms with Crippen LogP contribution in [-0.2, 0) is 68.9 Å². The minimum Gasteiger partial charge on any atom is -0.481 e. The van der Waals surface area contributed by atoms with Crippen molar-refractivity contribution in [1.29, 1.82) is 0 Å². The van der Waals surface area contributed by atoms with Crippen molar-refractivity contribution in [2.75, 3.05) is 16.8 Å². The number of carboxylic acids is 4. The molecule has 450 valence electrons. The first kappa shape index (κ1) is 67.8. The monoisotopic (exact) mass is 1180 g/mol. The molecular formula is C50H65N13O19S. The minimum atomic E-state index is -1.83. The van der Waals surface area contributed by atoms with Gasteiger partial charge in [-0.2, -0.15) is 17.6 Å². The second-order valence-corrected chi connectivity index (χ2v) is 19.2. The lowest BCUT2D eigenvalue weighted by molar-refractivity contribution is -0.142. The van der Waals surface area contributed by atoms with Crippen LogP contribution in [0.25, 0.3) is 11.2 Å². The molecule has 83 heavy (non-hydrogen) atoms. The van der Waals surface area contributed by atoms with E-state index in [4.69, 9.17) is 5.73 Å². The van der Waals surface area contributed by atoms with Crippen molar-refractivity contribution in [2.24, 2.45) is 0 Å². The molecule has 2 aromatic heterocycles. The maximum absolute atomic E-state index is 14.0. The zero-order valence-electron chi connectivity index (χ0n) is 45.1. The number of carbonyl (C=O) groups is 14. The summed E-state index contributed by atoms with van der Waals surface area (Å²) in [6.07, 6.45) is -4.94. The minimum absolute atomic E-state index is 0.0157. The van der Waals surface area contributed by atoms with Crippen molar-refractivity contribution in [3.05, 3.63) is 52.1 Å². The highest BCUT2D eigenvalue weighted by Gasteiger charge is 2.34. The van der Waals surface area contributed by atoms with Gasteiger partial charge in [0, 0.05) is 55.5 Å². The third-order valence-corrected chi connectivity index (χ3v) is 12.4. The molecule has 0 saturated carbocycles. The van der Waals surface area contributed by atoms with Crippen LogP contribution < -0.4 is 53.8 Å². The van der Waals surface area contributed by atoms with Gasteiger partial charge >= 0.3 is 23.9 Å². The number of benzene rings is 1. The lowest BCUT2D eigenvalue weighted by atomic mass is 10.0. The second kappa shape index (κ2) is 33.4. The number of aromatic amines is 1. The van der Waals surface area contributed by atoms with Crippen molar-refractivity contribution in [3.8, 4) is 0 Å². The van der Waals surface area contributed by atoms with E-state index in [0.29, 0.717) is 11.4 Å². The van der Waals surface area contributed by atoms with E-state index in [1.54, 1.807) is 0 Å². The maximum atomic E-state index is 14.0. The summed E-state index contributed by atoms with van der Waals surface area (Å²) in [6.45, 7) is 3.56. The predicted molar refractivity (Wildman–Crippen MR) is 291 cm³/mol. The number of fused-ring (bicyclic) bond motifs is 1. The molecule has 0 radical (unpaired) electrons. The number of hydrogen-bond donors (Lipinski definition) is 15. The number of carbonyl (C=O) groups excluding carboxylic acids is 10. The lowest BCUT2D eigenvalue weighted by Gasteiger charge is -2.27. The molecule has 0 aliphatic rings. The Labute approximate surface area is 476 Å². The molecule has 3 rings (SSSR count). The quantitative estimate of drug-likeness (QED) is 0.0268. The van der Waals surface area contributed by atoms with E-state index in [-0.39, 0.29) is 54.2 Å². The van der Waals surface area contributed by atoms with E-state index >= 15 is 0 Å². The van der Waals surface area contributed by atoms with Crippen LogP contribution in [0, 0.1) is 0 Å². The molecule has 0 fully saturated rings. The van der Waals surface area contributed by atoms with Crippen LogP contribution in [0.5, 0.6) is 0 Å². The summed E-state index contributed by atoms with van der Waals surface area (Å²) in [5.74, 6) is -15.5. The summed E-state index contributed by atoms with van der Waals surface area (Å²) in [5.41, 5.74) is 5.82. The summed E-state index contributed by atoms with van der Waals surface area (Å²) >= 11 is 3.88. The molecule has 7 atom stereocenters. The zero-order valence-corrected chi connectivity index (χ0v) is 46.0. The Kier molecular flexibility index (Phi) is 27.3. The van der Waals surface area contributed by atoms with Gasteiger partial charge in [0.25, 0.3) is 11.5 Å². The molecule has 32 nitrogen and oxygen atoms in total. The number of aromatic nitrogens is 4. The number of rotatable bonds is 37. The van der Waals surface area contributed by atoms with Gasteiger partial charge in [-0.15, -0.1) is 0 Å². The second-order valence-electron chi connectivity index (χ2n) is 18.9. The van der Waals surface area contributed by atoms with E-state index in [0.717, 1.165) is 6.92 Å². The van der Waals surface area contributed by atoms with Crippen LogP contribution in [0.15, 0.2) is 35.3 Å². The number of hydrogen-bond acceptors (Lipinski definition) is 21. The van der Waals surface area contributed by atoms with Crippen molar-refractivity contribution < 1.29 is 87.5 Å². The SMILES string of the molecule is CC(=O)CC[C@H](NC(=O)CC[C@H](NC(=O)c1ccc(NCc2cnc3nc(N)[nH]c(=O)c3n2)cc1)C(=O)O)C(=O)N[C@@H](CCC(=O)O)C(=O)N[C@@H](CCC(C)=O)C(=O)N[C@@H](CCC(=O)O)C(=O)N[C@@H](CCC(C)=O)C(=O)N[C@@H](CS)C(=O)O. The highest BCUT2D eigenvalue weighted by molar-refractivity contribution is 7.80.